The highest BCUT2D eigenvalue weighted by Crippen LogP contribution is 2.43. The number of fused-ring (bicyclic) bond motifs is 1. The van der Waals surface area contributed by atoms with Crippen LogP contribution in [0.25, 0.3) is 0 Å². The molecule has 2 aliphatic rings. The molecule has 0 radical (unpaired) electrons. The van der Waals surface area contributed by atoms with E-state index in [1.165, 1.54) is 35.4 Å². The summed E-state index contributed by atoms with van der Waals surface area (Å²) in [6.07, 6.45) is 1.45. The third-order valence-corrected chi connectivity index (χ3v) is 7.15. The first-order valence-corrected chi connectivity index (χ1v) is 11.7. The Labute approximate surface area is 194 Å². The molecule has 1 aromatic rings. The SMILES string of the molecule is CO/N=C(\C(=O)NC1C(=O)N2C(C(=O)O)=C(S/C=C\N=C(C)N)CS[C@H]12)c1csc(N)n1. The number of nitrogens with zero attached hydrogens (tertiary/aromatic N) is 4. The molecule has 32 heavy (non-hydrogen) atoms. The molecule has 15 heteroatoms. The lowest BCUT2D eigenvalue weighted by atomic mass is 10.0. The van der Waals surface area contributed by atoms with Gasteiger partial charge in [-0.2, -0.15) is 0 Å². The summed E-state index contributed by atoms with van der Waals surface area (Å²) in [6.45, 7) is 1.62. The summed E-state index contributed by atoms with van der Waals surface area (Å²) >= 11 is 3.60. The van der Waals surface area contributed by atoms with Crippen LogP contribution in [0.5, 0.6) is 0 Å². The first-order valence-electron chi connectivity index (χ1n) is 8.90. The maximum absolute atomic E-state index is 12.8. The molecule has 0 aromatic carbocycles. The van der Waals surface area contributed by atoms with Gasteiger partial charge in [0.2, 0.25) is 0 Å². The van der Waals surface area contributed by atoms with Crippen molar-refractivity contribution in [2.75, 3.05) is 18.6 Å². The smallest absolute Gasteiger partial charge is 0.353 e. The van der Waals surface area contributed by atoms with Gasteiger partial charge < -0.3 is 26.7 Å². The molecule has 0 aliphatic carbocycles. The van der Waals surface area contributed by atoms with E-state index in [0.29, 0.717) is 16.5 Å². The molecule has 2 amide bonds. The number of hydrogen-bond donors (Lipinski definition) is 4. The van der Waals surface area contributed by atoms with Crippen LogP contribution in [0.3, 0.4) is 0 Å². The zero-order valence-electron chi connectivity index (χ0n) is 16.8. The van der Waals surface area contributed by atoms with E-state index in [4.69, 9.17) is 16.3 Å². The fourth-order valence-corrected chi connectivity index (χ4v) is 5.65. The number of β-lactam (4-membered cyclic amide) rings is 1. The van der Waals surface area contributed by atoms with E-state index in [0.717, 1.165) is 23.1 Å². The largest absolute Gasteiger partial charge is 0.477 e. The molecule has 2 aliphatic heterocycles. The van der Waals surface area contributed by atoms with Crippen LogP contribution in [0.4, 0.5) is 5.13 Å². The maximum Gasteiger partial charge on any atom is 0.353 e. The second kappa shape index (κ2) is 10.1. The molecular formula is C17H19N7O5S3. The Morgan fingerprint density at radius 1 is 1.50 bits per heavy atom. The van der Waals surface area contributed by atoms with Crippen molar-refractivity contribution < 1.29 is 24.3 Å². The fourth-order valence-electron chi connectivity index (χ4n) is 2.84. The lowest BCUT2D eigenvalue weighted by Crippen LogP contribution is -2.71. The minimum atomic E-state index is -1.23. The number of aliphatic carboxylic acids is 1. The van der Waals surface area contributed by atoms with Crippen molar-refractivity contribution in [1.29, 1.82) is 0 Å². The first kappa shape index (κ1) is 23.6. The van der Waals surface area contributed by atoms with E-state index in [1.807, 2.05) is 0 Å². The molecule has 12 nitrogen and oxygen atoms in total. The van der Waals surface area contributed by atoms with Gasteiger partial charge in [0.1, 0.15) is 29.9 Å². The van der Waals surface area contributed by atoms with Gasteiger partial charge in [-0.1, -0.05) is 16.9 Å². The first-order chi connectivity index (χ1) is 15.2. The molecule has 6 N–H and O–H groups in total. The molecule has 3 rings (SSSR count). The minimum Gasteiger partial charge on any atom is -0.477 e. The monoisotopic (exact) mass is 497 g/mol. The molecular weight excluding hydrogens is 478 g/mol. The van der Waals surface area contributed by atoms with Crippen molar-refractivity contribution in [3.05, 3.63) is 33.3 Å². The number of carbonyl (C=O) groups is 3. The van der Waals surface area contributed by atoms with Crippen LogP contribution in [0.2, 0.25) is 0 Å². The summed E-state index contributed by atoms with van der Waals surface area (Å²) in [4.78, 5) is 51.6. The Balaban J connectivity index is 1.76. The number of anilines is 1. The number of amidine groups is 1. The van der Waals surface area contributed by atoms with E-state index in [9.17, 15) is 19.5 Å². The number of carbonyl (C=O) groups excluding carboxylic acids is 2. The van der Waals surface area contributed by atoms with Crippen molar-refractivity contribution in [3.63, 3.8) is 0 Å². The van der Waals surface area contributed by atoms with Crippen LogP contribution < -0.4 is 16.8 Å². The standard InChI is InChI=1S/C17H19N7O5S3/c1-7(18)20-3-4-30-9-6-31-15-11(14(26)24(15)12(9)16(27)28)22-13(25)10(23-29-2)8-5-32-17(19)21-8/h3-5,11,15H,6H2,1-2H3,(H2,18,20)(H2,19,21)(H,22,25)(H,27,28)/b4-3-,23-10-/t11?,15-/m1/s1. The highest BCUT2D eigenvalue weighted by atomic mass is 32.2. The van der Waals surface area contributed by atoms with Gasteiger partial charge in [0, 0.05) is 22.2 Å². The number of thiazole rings is 1. The fraction of sp³-hybridized carbons (Fsp3) is 0.294. The number of carboxylic acid groups (broad SMARTS) is 1. The Morgan fingerprint density at radius 3 is 2.84 bits per heavy atom. The summed E-state index contributed by atoms with van der Waals surface area (Å²) in [5.74, 6) is -1.76. The van der Waals surface area contributed by atoms with Crippen LogP contribution in [-0.2, 0) is 19.2 Å². The van der Waals surface area contributed by atoms with Gasteiger partial charge in [0.25, 0.3) is 11.8 Å². The van der Waals surface area contributed by atoms with Gasteiger partial charge in [0.05, 0.1) is 5.84 Å². The third kappa shape index (κ3) is 4.89. The minimum absolute atomic E-state index is 0.120. The Kier molecular flexibility index (Phi) is 7.42. The number of nitrogens with two attached hydrogens (primary N) is 2. The van der Waals surface area contributed by atoms with E-state index < -0.39 is 29.2 Å². The molecule has 1 aromatic heterocycles. The van der Waals surface area contributed by atoms with E-state index >= 15 is 0 Å². The summed E-state index contributed by atoms with van der Waals surface area (Å²) in [5.41, 5.74) is 11.0. The number of oxime groups is 1. The van der Waals surface area contributed by atoms with Crippen LogP contribution >= 0.6 is 34.9 Å². The van der Waals surface area contributed by atoms with Crippen molar-refractivity contribution in [2.45, 2.75) is 18.3 Å². The van der Waals surface area contributed by atoms with Crippen molar-refractivity contribution in [2.24, 2.45) is 15.9 Å². The van der Waals surface area contributed by atoms with E-state index in [2.05, 4.69) is 20.4 Å². The number of aromatic nitrogens is 1. The van der Waals surface area contributed by atoms with Crippen molar-refractivity contribution in [1.82, 2.24) is 15.2 Å². The number of thioether (sulfide) groups is 2. The number of nitrogen functional groups attached to an aromatic ring is 1. The third-order valence-electron chi connectivity index (χ3n) is 4.13. The van der Waals surface area contributed by atoms with Gasteiger partial charge in [-0.15, -0.1) is 23.1 Å². The molecule has 1 saturated heterocycles. The van der Waals surface area contributed by atoms with Crippen LogP contribution in [0.15, 0.2) is 37.7 Å². The number of amides is 2. The zero-order valence-corrected chi connectivity index (χ0v) is 19.3. The Bertz CT molecular complexity index is 1060. The maximum atomic E-state index is 12.8. The van der Waals surface area contributed by atoms with Gasteiger partial charge in [-0.25, -0.2) is 14.8 Å². The number of hydrogen-bond acceptors (Lipinski definition) is 11. The lowest BCUT2D eigenvalue weighted by Gasteiger charge is -2.49. The predicted molar refractivity (Wildman–Crippen MR) is 124 cm³/mol. The number of aliphatic imine (C=N–C) groups is 1. The second-order valence-electron chi connectivity index (χ2n) is 6.30. The van der Waals surface area contributed by atoms with Crippen LogP contribution in [0, 0.1) is 0 Å². The predicted octanol–water partition coefficient (Wildman–Crippen LogP) is 0.353. The molecule has 0 bridgehead atoms. The molecule has 1 fully saturated rings. The van der Waals surface area contributed by atoms with Crippen LogP contribution in [-0.4, -0.2) is 68.6 Å². The number of carboxylic acids is 1. The highest BCUT2D eigenvalue weighted by Gasteiger charge is 2.54. The van der Waals surface area contributed by atoms with Gasteiger partial charge in [-0.05, 0) is 12.3 Å². The Hall–Kier alpha value is -3.04. The van der Waals surface area contributed by atoms with Crippen molar-refractivity contribution >= 4 is 69.3 Å². The number of rotatable bonds is 8. The van der Waals surface area contributed by atoms with Crippen LogP contribution in [0.1, 0.15) is 12.6 Å². The summed E-state index contributed by atoms with van der Waals surface area (Å²) < 4.78 is 0. The number of nitrogens with one attached hydrogen (secondary N) is 1. The molecule has 0 saturated carbocycles. The molecule has 2 atom stereocenters. The summed E-state index contributed by atoms with van der Waals surface area (Å²) in [5, 5.41) is 18.8. The highest BCUT2D eigenvalue weighted by molar-refractivity contribution is 8.08. The van der Waals surface area contributed by atoms with E-state index in [1.54, 1.807) is 12.3 Å². The molecule has 170 valence electrons. The molecule has 0 spiro atoms. The summed E-state index contributed by atoms with van der Waals surface area (Å²) in [7, 11) is 1.27. The van der Waals surface area contributed by atoms with E-state index in [-0.39, 0.29) is 22.2 Å². The van der Waals surface area contributed by atoms with Gasteiger partial charge in [0.15, 0.2) is 10.8 Å². The average molecular weight is 498 g/mol. The average Bonchev–Trinajstić information content (AvgIpc) is 3.17. The summed E-state index contributed by atoms with van der Waals surface area (Å²) in [6, 6.07) is -0.925. The normalized spacial score (nSPS) is 21.4. The topological polar surface area (TPSA) is 186 Å². The molecule has 3 heterocycles. The quantitative estimate of drug-likeness (QED) is 0.169. The molecule has 1 unspecified atom stereocenters. The zero-order chi connectivity index (χ0) is 23.4. The van der Waals surface area contributed by atoms with Gasteiger partial charge in [-0.3, -0.25) is 14.5 Å². The Morgan fingerprint density at radius 2 is 2.25 bits per heavy atom. The lowest BCUT2D eigenvalue weighted by molar-refractivity contribution is -0.150. The van der Waals surface area contributed by atoms with Crippen molar-refractivity contribution in [3.8, 4) is 0 Å². The second-order valence-corrected chi connectivity index (χ2v) is 9.30. The van der Waals surface area contributed by atoms with Gasteiger partial charge >= 0.3 is 5.97 Å².